The summed E-state index contributed by atoms with van der Waals surface area (Å²) in [5, 5.41) is 0. The van der Waals surface area contributed by atoms with Gasteiger partial charge in [-0.3, -0.25) is 0 Å². The minimum atomic E-state index is 1.22. The van der Waals surface area contributed by atoms with Crippen molar-refractivity contribution in [3.8, 4) is 0 Å². The summed E-state index contributed by atoms with van der Waals surface area (Å²) < 4.78 is 0. The first-order valence-electron chi connectivity index (χ1n) is 4.08. The molecule has 11 heavy (non-hydrogen) atoms. The molecule has 0 saturated heterocycles. The van der Waals surface area contributed by atoms with Gasteiger partial charge in [0.25, 0.3) is 0 Å². The highest BCUT2D eigenvalue weighted by Gasteiger charge is 1.94. The Kier molecular flexibility index (Phi) is 3.11. The van der Waals surface area contributed by atoms with Gasteiger partial charge in [-0.2, -0.15) is 0 Å². The van der Waals surface area contributed by atoms with Crippen LogP contribution in [0.2, 0.25) is 6.04 Å². The van der Waals surface area contributed by atoms with E-state index in [0.717, 1.165) is 0 Å². The lowest BCUT2D eigenvalue weighted by Crippen LogP contribution is -1.87. The van der Waals surface area contributed by atoms with E-state index >= 15 is 0 Å². The molecule has 0 aromatic heterocycles. The van der Waals surface area contributed by atoms with Gasteiger partial charge in [-0.05, 0) is 17.5 Å². The van der Waals surface area contributed by atoms with E-state index in [2.05, 4.69) is 30.8 Å². The second-order valence-corrected chi connectivity index (χ2v) is 3.65. The Hall–Kier alpha value is -0.823. The number of benzene rings is 1. The quantitative estimate of drug-likeness (QED) is 0.593. The van der Waals surface area contributed by atoms with Gasteiger partial charge in [0.15, 0.2) is 0 Å². The molecule has 0 fully saturated rings. The predicted octanol–water partition coefficient (Wildman–Crippen LogP) is 1.66. The second-order valence-electron chi connectivity index (χ2n) is 2.65. The minimum absolute atomic E-state index is 1.22. The number of hydrogen-bond donors (Lipinski definition) is 0. The molecule has 0 nitrogen and oxygen atoms in total. The summed E-state index contributed by atoms with van der Waals surface area (Å²) in [5.74, 6) is 0. The van der Waals surface area contributed by atoms with Crippen molar-refractivity contribution in [1.82, 2.24) is 0 Å². The Morgan fingerprint density at radius 1 is 1.36 bits per heavy atom. The van der Waals surface area contributed by atoms with Crippen LogP contribution in [0.1, 0.15) is 11.1 Å². The molecule has 1 rings (SSSR count). The molecule has 1 aromatic carbocycles. The molecular weight excluding hydrogens is 148 g/mol. The number of hydrogen-bond acceptors (Lipinski definition) is 0. The fourth-order valence-electron chi connectivity index (χ4n) is 1.23. The molecule has 0 radical (unpaired) electrons. The molecule has 0 aliphatic carbocycles. The molecule has 0 aliphatic rings. The summed E-state index contributed by atoms with van der Waals surface area (Å²) in [6.45, 7) is 3.79. The lowest BCUT2D eigenvalue weighted by atomic mass is 10.1. The summed E-state index contributed by atoms with van der Waals surface area (Å²) in [7, 11) is 1.29. The zero-order valence-electron chi connectivity index (χ0n) is 7.01. The van der Waals surface area contributed by atoms with Crippen LogP contribution >= 0.6 is 0 Å². The first kappa shape index (κ1) is 8.28. The van der Waals surface area contributed by atoms with Gasteiger partial charge in [-0.1, -0.05) is 43.0 Å². The average molecular weight is 162 g/mol. The van der Waals surface area contributed by atoms with E-state index in [-0.39, 0.29) is 0 Å². The van der Waals surface area contributed by atoms with E-state index in [1.807, 2.05) is 6.08 Å². The third-order valence-corrected chi connectivity index (χ3v) is 2.29. The van der Waals surface area contributed by atoms with Crippen molar-refractivity contribution < 1.29 is 0 Å². The third-order valence-electron chi connectivity index (χ3n) is 1.79. The van der Waals surface area contributed by atoms with E-state index in [0.29, 0.717) is 0 Å². The van der Waals surface area contributed by atoms with Crippen molar-refractivity contribution in [3.63, 3.8) is 0 Å². The Morgan fingerprint density at radius 3 is 2.73 bits per heavy atom. The van der Waals surface area contributed by atoms with E-state index < -0.39 is 0 Å². The van der Waals surface area contributed by atoms with Crippen molar-refractivity contribution >= 4 is 16.3 Å². The van der Waals surface area contributed by atoms with Gasteiger partial charge >= 0.3 is 0 Å². The van der Waals surface area contributed by atoms with Crippen LogP contribution in [0, 0.1) is 0 Å². The second kappa shape index (κ2) is 4.14. The lowest BCUT2D eigenvalue weighted by molar-refractivity contribution is 1.13. The molecule has 0 spiro atoms. The molecule has 0 saturated carbocycles. The Balaban J connectivity index is 2.92. The zero-order chi connectivity index (χ0) is 8.10. The van der Waals surface area contributed by atoms with E-state index in [9.17, 15) is 0 Å². The molecule has 0 aliphatic heterocycles. The van der Waals surface area contributed by atoms with Crippen molar-refractivity contribution in [3.05, 3.63) is 42.0 Å². The predicted molar refractivity (Wildman–Crippen MR) is 55.0 cm³/mol. The maximum Gasteiger partial charge on any atom is 0.00321 e. The molecule has 0 atom stereocenters. The van der Waals surface area contributed by atoms with Crippen molar-refractivity contribution in [2.75, 3.05) is 0 Å². The van der Waals surface area contributed by atoms with Crippen LogP contribution in [-0.2, 0) is 6.42 Å². The summed E-state index contributed by atoms with van der Waals surface area (Å²) >= 11 is 0. The van der Waals surface area contributed by atoms with Crippen LogP contribution in [0.3, 0.4) is 0 Å². The lowest BCUT2D eigenvalue weighted by Gasteiger charge is -2.02. The van der Waals surface area contributed by atoms with Crippen molar-refractivity contribution in [2.45, 2.75) is 12.5 Å². The number of aryl methyl sites for hydroxylation is 1. The standard InChI is InChI=1S/C10H14Si/c1-2-9-5-3-4-6-10(9)7-8-11/h2-6H,1,7-8H2,11H3. The molecule has 58 valence electrons. The highest BCUT2D eigenvalue weighted by atomic mass is 28.1. The molecule has 0 bridgehead atoms. The van der Waals surface area contributed by atoms with Crippen LogP contribution in [0.5, 0.6) is 0 Å². The van der Waals surface area contributed by atoms with Gasteiger partial charge in [-0.15, -0.1) is 0 Å². The molecule has 0 amide bonds. The summed E-state index contributed by atoms with van der Waals surface area (Å²) in [5.41, 5.74) is 2.74. The zero-order valence-corrected chi connectivity index (χ0v) is 9.01. The third kappa shape index (κ3) is 2.05. The SMILES string of the molecule is C=Cc1ccccc1CC[SiH3]. The van der Waals surface area contributed by atoms with Gasteiger partial charge in [0.1, 0.15) is 0 Å². The fraction of sp³-hybridized carbons (Fsp3) is 0.200. The Labute approximate surface area is 71.4 Å². The van der Waals surface area contributed by atoms with Crippen molar-refractivity contribution in [1.29, 1.82) is 0 Å². The van der Waals surface area contributed by atoms with Gasteiger partial charge in [0, 0.05) is 10.2 Å². The van der Waals surface area contributed by atoms with Crippen LogP contribution < -0.4 is 0 Å². The van der Waals surface area contributed by atoms with E-state index in [1.165, 1.54) is 33.8 Å². The highest BCUT2D eigenvalue weighted by molar-refractivity contribution is 6.08. The molecule has 0 heterocycles. The topological polar surface area (TPSA) is 0 Å². The first-order valence-corrected chi connectivity index (χ1v) is 5.50. The monoisotopic (exact) mass is 162 g/mol. The number of rotatable bonds is 3. The fourth-order valence-corrected chi connectivity index (χ4v) is 1.77. The summed E-state index contributed by atoms with van der Waals surface area (Å²) in [4.78, 5) is 0. The van der Waals surface area contributed by atoms with Crippen molar-refractivity contribution in [2.24, 2.45) is 0 Å². The van der Waals surface area contributed by atoms with Crippen LogP contribution in [-0.4, -0.2) is 10.2 Å². The highest BCUT2D eigenvalue weighted by Crippen LogP contribution is 2.11. The molecule has 1 heteroatoms. The average Bonchev–Trinajstić information content (AvgIpc) is 2.06. The largest absolute Gasteiger partial charge is 0.0985 e. The maximum atomic E-state index is 3.79. The Bertz CT molecular complexity index is 240. The van der Waals surface area contributed by atoms with E-state index in [4.69, 9.17) is 0 Å². The first-order chi connectivity index (χ1) is 5.38. The van der Waals surface area contributed by atoms with Gasteiger partial charge in [-0.25, -0.2) is 0 Å². The Morgan fingerprint density at radius 2 is 2.09 bits per heavy atom. The van der Waals surface area contributed by atoms with Crippen LogP contribution in [0.4, 0.5) is 0 Å². The summed E-state index contributed by atoms with van der Waals surface area (Å²) in [6.07, 6.45) is 3.15. The summed E-state index contributed by atoms with van der Waals surface area (Å²) in [6, 6.07) is 9.81. The minimum Gasteiger partial charge on any atom is -0.0985 e. The van der Waals surface area contributed by atoms with Crippen LogP contribution in [0.15, 0.2) is 30.8 Å². The smallest absolute Gasteiger partial charge is 0.00321 e. The van der Waals surface area contributed by atoms with Gasteiger partial charge in [0.05, 0.1) is 0 Å². The van der Waals surface area contributed by atoms with Crippen LogP contribution in [0.25, 0.3) is 6.08 Å². The van der Waals surface area contributed by atoms with E-state index in [1.54, 1.807) is 0 Å². The molecular formula is C10H14Si. The molecule has 0 N–H and O–H groups in total. The van der Waals surface area contributed by atoms with Gasteiger partial charge in [0.2, 0.25) is 0 Å². The van der Waals surface area contributed by atoms with Gasteiger partial charge < -0.3 is 0 Å². The molecule has 1 aromatic rings. The maximum absolute atomic E-state index is 3.79. The molecule has 0 unspecified atom stereocenters. The normalized spacial score (nSPS) is 9.82.